The summed E-state index contributed by atoms with van der Waals surface area (Å²) < 4.78 is 49.7. The van der Waals surface area contributed by atoms with Crippen LogP contribution in [-0.2, 0) is 26.9 Å². The number of methoxy groups -OCH3 is 1. The molecule has 2 aromatic rings. The zero-order valence-corrected chi connectivity index (χ0v) is 17.4. The molecule has 3 fully saturated rings. The molecular formula is C24H22F3NO4. The first kappa shape index (κ1) is 21.0. The highest BCUT2D eigenvalue weighted by atomic mass is 19.4. The summed E-state index contributed by atoms with van der Waals surface area (Å²) in [5.41, 5.74) is 1.45. The van der Waals surface area contributed by atoms with Gasteiger partial charge in [0.2, 0.25) is 11.8 Å². The number of amides is 2. The van der Waals surface area contributed by atoms with Crippen LogP contribution in [0.4, 0.5) is 13.2 Å². The third-order valence-electron chi connectivity index (χ3n) is 6.81. The highest BCUT2D eigenvalue weighted by Crippen LogP contribution is 2.48. The molecule has 0 N–H and O–H groups in total. The Morgan fingerprint density at radius 2 is 1.56 bits per heavy atom. The molecule has 0 spiro atoms. The molecule has 0 saturated carbocycles. The van der Waals surface area contributed by atoms with Crippen molar-refractivity contribution >= 4 is 11.8 Å². The maximum atomic E-state index is 12.9. The number of hydrogen-bond acceptors (Lipinski definition) is 4. The number of fused-ring (bicyclic) bond motifs is 5. The fraction of sp³-hybridized carbons (Fsp3) is 0.417. The Hall–Kier alpha value is -2.87. The van der Waals surface area contributed by atoms with Crippen molar-refractivity contribution in [2.45, 2.75) is 37.6 Å². The molecule has 5 nitrogen and oxygen atoms in total. The van der Waals surface area contributed by atoms with Gasteiger partial charge < -0.3 is 9.47 Å². The van der Waals surface area contributed by atoms with Crippen LogP contribution in [0.15, 0.2) is 42.5 Å². The Morgan fingerprint density at radius 3 is 2.12 bits per heavy atom. The Kier molecular flexibility index (Phi) is 5.00. The van der Waals surface area contributed by atoms with Gasteiger partial charge in [-0.25, -0.2) is 0 Å². The largest absolute Gasteiger partial charge is 0.496 e. The molecule has 0 radical (unpaired) electrons. The zero-order valence-electron chi connectivity index (χ0n) is 17.4. The summed E-state index contributed by atoms with van der Waals surface area (Å²) in [5.74, 6) is -0.443. The molecule has 3 aliphatic rings. The van der Waals surface area contributed by atoms with Crippen LogP contribution in [-0.4, -0.2) is 42.6 Å². The van der Waals surface area contributed by atoms with Gasteiger partial charge in [0, 0.05) is 6.54 Å². The van der Waals surface area contributed by atoms with E-state index in [0.717, 1.165) is 36.1 Å². The smallest absolute Gasteiger partial charge is 0.416 e. The average Bonchev–Trinajstić information content (AvgIpc) is 3.46. The van der Waals surface area contributed by atoms with Gasteiger partial charge in [-0.2, -0.15) is 13.2 Å². The minimum Gasteiger partial charge on any atom is -0.496 e. The Labute approximate surface area is 183 Å². The third kappa shape index (κ3) is 3.37. The van der Waals surface area contributed by atoms with Crippen LogP contribution in [0.25, 0.3) is 11.1 Å². The lowest BCUT2D eigenvalue weighted by atomic mass is 9.81. The second-order valence-corrected chi connectivity index (χ2v) is 8.52. The fourth-order valence-electron chi connectivity index (χ4n) is 5.23. The van der Waals surface area contributed by atoms with Crippen LogP contribution in [0.3, 0.4) is 0 Å². The highest BCUT2D eigenvalue weighted by molar-refractivity contribution is 6.06. The predicted octanol–water partition coefficient (Wildman–Crippen LogP) is 4.09. The van der Waals surface area contributed by atoms with E-state index in [-0.39, 0.29) is 42.4 Å². The number of halogens is 3. The van der Waals surface area contributed by atoms with Crippen LogP contribution in [0.5, 0.6) is 5.75 Å². The number of nitrogens with zero attached hydrogens (tertiary/aromatic N) is 1. The third-order valence-corrected chi connectivity index (χ3v) is 6.81. The van der Waals surface area contributed by atoms with Gasteiger partial charge in [-0.3, -0.25) is 14.5 Å². The van der Waals surface area contributed by atoms with Crippen molar-refractivity contribution in [2.24, 2.45) is 11.8 Å². The van der Waals surface area contributed by atoms with Gasteiger partial charge in [0.25, 0.3) is 0 Å². The highest BCUT2D eigenvalue weighted by Gasteiger charge is 2.62. The molecule has 4 atom stereocenters. The number of imide groups is 1. The molecule has 168 valence electrons. The number of rotatable bonds is 5. The van der Waals surface area contributed by atoms with E-state index >= 15 is 0 Å². The number of carbonyl (C=O) groups excluding carboxylic acids is 2. The lowest BCUT2D eigenvalue weighted by molar-refractivity contribution is -0.142. The molecule has 4 unspecified atom stereocenters. The van der Waals surface area contributed by atoms with Crippen LogP contribution >= 0.6 is 0 Å². The number of hydrogen-bond donors (Lipinski definition) is 0. The summed E-state index contributed by atoms with van der Waals surface area (Å²) in [4.78, 5) is 27.1. The van der Waals surface area contributed by atoms with Crippen molar-refractivity contribution in [3.8, 4) is 16.9 Å². The molecule has 3 heterocycles. The van der Waals surface area contributed by atoms with Gasteiger partial charge >= 0.3 is 6.18 Å². The van der Waals surface area contributed by atoms with E-state index in [1.165, 1.54) is 24.1 Å². The van der Waals surface area contributed by atoms with Crippen molar-refractivity contribution in [3.05, 3.63) is 53.6 Å². The second-order valence-electron chi connectivity index (χ2n) is 8.52. The number of ether oxygens (including phenoxy) is 2. The quantitative estimate of drug-likeness (QED) is 0.651. The van der Waals surface area contributed by atoms with Gasteiger partial charge in [-0.15, -0.1) is 0 Å². The molecule has 5 rings (SSSR count). The first-order chi connectivity index (χ1) is 15.3. The van der Waals surface area contributed by atoms with E-state index < -0.39 is 11.7 Å². The summed E-state index contributed by atoms with van der Waals surface area (Å²) in [7, 11) is 1.53. The number of alkyl halides is 3. The predicted molar refractivity (Wildman–Crippen MR) is 109 cm³/mol. The zero-order chi connectivity index (χ0) is 22.6. The van der Waals surface area contributed by atoms with Gasteiger partial charge in [0.05, 0.1) is 36.7 Å². The maximum absolute atomic E-state index is 12.9. The Bertz CT molecular complexity index is 1040. The summed E-state index contributed by atoms with van der Waals surface area (Å²) in [6.45, 7) is 0.233. The van der Waals surface area contributed by atoms with Gasteiger partial charge in [0.15, 0.2) is 0 Å². The van der Waals surface area contributed by atoms with Crippen LogP contribution in [0.1, 0.15) is 24.0 Å². The normalized spacial score (nSPS) is 26.7. The molecule has 3 saturated heterocycles. The Morgan fingerprint density at radius 1 is 0.969 bits per heavy atom. The van der Waals surface area contributed by atoms with Gasteiger partial charge in [-0.1, -0.05) is 18.2 Å². The Balaban J connectivity index is 1.35. The topological polar surface area (TPSA) is 55.8 Å². The van der Waals surface area contributed by atoms with Crippen LogP contribution in [0, 0.1) is 11.8 Å². The number of likely N-dealkylation sites (tertiary alicyclic amines) is 1. The summed E-state index contributed by atoms with van der Waals surface area (Å²) in [6, 6.07) is 10.3. The summed E-state index contributed by atoms with van der Waals surface area (Å²) in [5, 5.41) is 0. The molecule has 32 heavy (non-hydrogen) atoms. The fourth-order valence-corrected chi connectivity index (χ4v) is 5.23. The molecule has 2 bridgehead atoms. The molecule has 2 aromatic carbocycles. The van der Waals surface area contributed by atoms with E-state index in [4.69, 9.17) is 9.47 Å². The lowest BCUT2D eigenvalue weighted by Crippen LogP contribution is -2.35. The molecule has 0 aliphatic carbocycles. The summed E-state index contributed by atoms with van der Waals surface area (Å²) in [6.07, 6.45) is -2.65. The average molecular weight is 445 g/mol. The van der Waals surface area contributed by atoms with Gasteiger partial charge in [0.1, 0.15) is 5.75 Å². The van der Waals surface area contributed by atoms with E-state index in [9.17, 15) is 22.8 Å². The molecule has 2 amide bonds. The van der Waals surface area contributed by atoms with E-state index in [1.54, 1.807) is 12.1 Å². The van der Waals surface area contributed by atoms with E-state index in [0.29, 0.717) is 17.7 Å². The second kappa shape index (κ2) is 7.62. The molecule has 0 aromatic heterocycles. The molecule has 8 heteroatoms. The maximum Gasteiger partial charge on any atom is 0.416 e. The monoisotopic (exact) mass is 445 g/mol. The standard InChI is InChI=1S/C24H22F3NO4/c1-31-17-7-4-14(13-2-5-16(6-3-13)24(25,26)27)12-15(17)10-11-28-22(29)20-18-8-9-19(32-18)21(20)23(28)30/h2-7,12,18-21H,8-11H2,1H3. The lowest BCUT2D eigenvalue weighted by Gasteiger charge is -2.18. The van der Waals surface area contributed by atoms with Crippen molar-refractivity contribution in [3.63, 3.8) is 0 Å². The van der Waals surface area contributed by atoms with Gasteiger partial charge in [-0.05, 0) is 60.2 Å². The minimum atomic E-state index is -4.39. The van der Waals surface area contributed by atoms with E-state index in [2.05, 4.69) is 0 Å². The SMILES string of the molecule is COc1ccc(-c2ccc(C(F)(F)F)cc2)cc1CCN1C(=O)C2C3CCC(O3)C2C1=O. The summed E-state index contributed by atoms with van der Waals surface area (Å²) >= 11 is 0. The molecule has 3 aliphatic heterocycles. The van der Waals surface area contributed by atoms with E-state index in [1.807, 2.05) is 6.07 Å². The first-order valence-corrected chi connectivity index (χ1v) is 10.6. The number of carbonyl (C=O) groups is 2. The number of benzene rings is 2. The molecular weight excluding hydrogens is 423 g/mol. The first-order valence-electron chi connectivity index (χ1n) is 10.6. The van der Waals surface area contributed by atoms with Crippen molar-refractivity contribution in [2.75, 3.05) is 13.7 Å². The van der Waals surface area contributed by atoms with Crippen LogP contribution < -0.4 is 4.74 Å². The minimum absolute atomic E-state index is 0.149. The van der Waals surface area contributed by atoms with Crippen molar-refractivity contribution < 1.29 is 32.2 Å². The van der Waals surface area contributed by atoms with Crippen molar-refractivity contribution in [1.29, 1.82) is 0 Å². The van der Waals surface area contributed by atoms with Crippen molar-refractivity contribution in [1.82, 2.24) is 4.90 Å². The van der Waals surface area contributed by atoms with Crippen LogP contribution in [0.2, 0.25) is 0 Å².